The van der Waals surface area contributed by atoms with E-state index in [1.54, 1.807) is 12.0 Å². The second kappa shape index (κ2) is 9.64. The number of anilines is 1. The molecule has 8 heteroatoms. The van der Waals surface area contributed by atoms with Gasteiger partial charge in [0.15, 0.2) is 0 Å². The number of piperazine rings is 1. The fourth-order valence-corrected chi connectivity index (χ4v) is 3.72. The predicted molar refractivity (Wildman–Crippen MR) is 123 cm³/mol. The lowest BCUT2D eigenvalue weighted by Crippen LogP contribution is -2.49. The molecule has 1 fully saturated rings. The summed E-state index contributed by atoms with van der Waals surface area (Å²) < 4.78 is 10.4. The van der Waals surface area contributed by atoms with Crippen LogP contribution < -0.4 is 9.64 Å². The Morgan fingerprint density at radius 3 is 2.38 bits per heavy atom. The Hall–Kier alpha value is -3.68. The number of carbonyl (C=O) groups excluding carboxylic acids is 1. The van der Waals surface area contributed by atoms with Crippen LogP contribution in [0.15, 0.2) is 48.8 Å². The van der Waals surface area contributed by atoms with Crippen LogP contribution in [0.3, 0.4) is 0 Å². The molecule has 32 heavy (non-hydrogen) atoms. The molecule has 0 atom stereocenters. The van der Waals surface area contributed by atoms with Crippen LogP contribution in [0.4, 0.5) is 10.6 Å². The molecular weight excluding hydrogens is 406 g/mol. The van der Waals surface area contributed by atoms with Crippen molar-refractivity contribution < 1.29 is 14.3 Å². The maximum Gasteiger partial charge on any atom is 0.409 e. The van der Waals surface area contributed by atoms with Crippen LogP contribution in [0.2, 0.25) is 0 Å². The van der Waals surface area contributed by atoms with Crippen molar-refractivity contribution in [2.24, 2.45) is 0 Å². The lowest BCUT2D eigenvalue weighted by atomic mass is 10.0. The van der Waals surface area contributed by atoms with Gasteiger partial charge in [-0.3, -0.25) is 4.98 Å². The highest BCUT2D eigenvalue weighted by molar-refractivity contribution is 5.72. The van der Waals surface area contributed by atoms with E-state index in [1.165, 1.54) is 0 Å². The Labute approximate surface area is 187 Å². The van der Waals surface area contributed by atoms with Crippen molar-refractivity contribution in [1.29, 1.82) is 0 Å². The van der Waals surface area contributed by atoms with Crippen LogP contribution in [-0.4, -0.2) is 65.8 Å². The molecule has 3 aromatic rings. The first kappa shape index (κ1) is 21.5. The lowest BCUT2D eigenvalue weighted by molar-refractivity contribution is 0.105. The highest BCUT2D eigenvalue weighted by Crippen LogP contribution is 2.27. The van der Waals surface area contributed by atoms with Crippen molar-refractivity contribution in [1.82, 2.24) is 19.9 Å². The molecule has 0 N–H and O–H groups in total. The van der Waals surface area contributed by atoms with E-state index in [0.717, 1.165) is 34.0 Å². The number of carbonyl (C=O) groups is 1. The third kappa shape index (κ3) is 4.80. The van der Waals surface area contributed by atoms with Crippen molar-refractivity contribution >= 4 is 11.9 Å². The number of nitrogens with zero attached hydrogens (tertiary/aromatic N) is 5. The van der Waals surface area contributed by atoms with Crippen LogP contribution in [0.25, 0.3) is 22.4 Å². The molecule has 4 rings (SSSR count). The van der Waals surface area contributed by atoms with E-state index < -0.39 is 0 Å². The summed E-state index contributed by atoms with van der Waals surface area (Å²) in [6.45, 7) is 6.69. The molecule has 0 bridgehead atoms. The summed E-state index contributed by atoms with van der Waals surface area (Å²) in [6.07, 6.45) is 3.40. The van der Waals surface area contributed by atoms with E-state index >= 15 is 0 Å². The van der Waals surface area contributed by atoms with Gasteiger partial charge in [0.2, 0.25) is 0 Å². The standard InChI is InChI=1S/C24H27N5O3/c1-4-32-24(30)29-11-9-28(10-12-29)23-14-22(26-17(2)27-23)20-13-19(15-25-16-20)18-5-7-21(31-3)8-6-18/h5-8,13-16H,4,9-12H2,1-3H3. The molecule has 166 valence electrons. The molecule has 1 aliphatic rings. The third-order valence-corrected chi connectivity index (χ3v) is 5.41. The summed E-state index contributed by atoms with van der Waals surface area (Å²) in [5.41, 5.74) is 3.81. The predicted octanol–water partition coefficient (Wildman–Crippen LogP) is 3.80. The average Bonchev–Trinajstić information content (AvgIpc) is 2.84. The van der Waals surface area contributed by atoms with Gasteiger partial charge in [-0.05, 0) is 37.6 Å². The van der Waals surface area contributed by atoms with Crippen molar-refractivity contribution in [2.45, 2.75) is 13.8 Å². The number of aromatic nitrogens is 3. The Bertz CT molecular complexity index is 1080. The van der Waals surface area contributed by atoms with Crippen LogP contribution >= 0.6 is 0 Å². The van der Waals surface area contributed by atoms with Crippen molar-refractivity contribution in [3.05, 3.63) is 54.6 Å². The van der Waals surface area contributed by atoms with E-state index in [4.69, 9.17) is 9.47 Å². The summed E-state index contributed by atoms with van der Waals surface area (Å²) in [6, 6.07) is 12.0. The minimum absolute atomic E-state index is 0.256. The number of hydrogen-bond donors (Lipinski definition) is 0. The van der Waals surface area contributed by atoms with Crippen LogP contribution in [-0.2, 0) is 4.74 Å². The second-order valence-electron chi connectivity index (χ2n) is 7.52. The number of pyridine rings is 1. The van der Waals surface area contributed by atoms with E-state index in [0.29, 0.717) is 38.6 Å². The summed E-state index contributed by atoms with van der Waals surface area (Å²) in [7, 11) is 1.66. The van der Waals surface area contributed by atoms with E-state index in [1.807, 2.05) is 56.6 Å². The SMILES string of the molecule is CCOC(=O)N1CCN(c2cc(-c3cncc(-c4ccc(OC)cc4)c3)nc(C)n2)CC1. The van der Waals surface area contributed by atoms with Gasteiger partial charge in [-0.1, -0.05) is 12.1 Å². The smallest absolute Gasteiger partial charge is 0.409 e. The fraction of sp³-hybridized carbons (Fsp3) is 0.333. The van der Waals surface area contributed by atoms with Crippen molar-refractivity contribution in [3.8, 4) is 28.1 Å². The normalized spacial score (nSPS) is 13.7. The van der Waals surface area contributed by atoms with Gasteiger partial charge in [0.05, 0.1) is 19.4 Å². The average molecular weight is 434 g/mol. The van der Waals surface area contributed by atoms with Crippen LogP contribution in [0, 0.1) is 6.92 Å². The van der Waals surface area contributed by atoms with E-state index in [-0.39, 0.29) is 6.09 Å². The number of methoxy groups -OCH3 is 1. The Morgan fingerprint density at radius 1 is 0.969 bits per heavy atom. The molecule has 0 spiro atoms. The summed E-state index contributed by atoms with van der Waals surface area (Å²) in [5.74, 6) is 2.36. The van der Waals surface area contributed by atoms with Crippen LogP contribution in [0.1, 0.15) is 12.7 Å². The van der Waals surface area contributed by atoms with Gasteiger partial charge in [0, 0.05) is 55.8 Å². The first-order valence-electron chi connectivity index (χ1n) is 10.7. The molecule has 1 aromatic carbocycles. The molecule has 1 saturated heterocycles. The van der Waals surface area contributed by atoms with E-state index in [2.05, 4.69) is 25.9 Å². The maximum absolute atomic E-state index is 12.0. The number of amides is 1. The van der Waals surface area contributed by atoms with Gasteiger partial charge < -0.3 is 19.3 Å². The van der Waals surface area contributed by atoms with E-state index in [9.17, 15) is 4.79 Å². The van der Waals surface area contributed by atoms with Crippen molar-refractivity contribution in [3.63, 3.8) is 0 Å². The first-order chi connectivity index (χ1) is 15.6. The minimum atomic E-state index is -0.256. The number of rotatable bonds is 5. The zero-order valence-electron chi connectivity index (χ0n) is 18.6. The summed E-state index contributed by atoms with van der Waals surface area (Å²) >= 11 is 0. The highest BCUT2D eigenvalue weighted by atomic mass is 16.6. The lowest BCUT2D eigenvalue weighted by Gasteiger charge is -2.34. The van der Waals surface area contributed by atoms with Gasteiger partial charge in [-0.25, -0.2) is 14.8 Å². The van der Waals surface area contributed by atoms with Gasteiger partial charge in [0.1, 0.15) is 17.4 Å². The molecule has 1 aliphatic heterocycles. The Balaban J connectivity index is 1.55. The number of aryl methyl sites for hydroxylation is 1. The summed E-state index contributed by atoms with van der Waals surface area (Å²) in [4.78, 5) is 29.6. The third-order valence-electron chi connectivity index (χ3n) is 5.41. The number of hydrogen-bond acceptors (Lipinski definition) is 7. The fourth-order valence-electron chi connectivity index (χ4n) is 3.72. The van der Waals surface area contributed by atoms with Gasteiger partial charge in [-0.15, -0.1) is 0 Å². The maximum atomic E-state index is 12.0. The van der Waals surface area contributed by atoms with Crippen LogP contribution in [0.5, 0.6) is 5.75 Å². The molecule has 0 aliphatic carbocycles. The largest absolute Gasteiger partial charge is 0.497 e. The molecule has 3 heterocycles. The quantitative estimate of drug-likeness (QED) is 0.605. The molecule has 2 aromatic heterocycles. The van der Waals surface area contributed by atoms with Gasteiger partial charge in [0.25, 0.3) is 0 Å². The molecule has 1 amide bonds. The topological polar surface area (TPSA) is 80.7 Å². The van der Waals surface area contributed by atoms with Gasteiger partial charge in [-0.2, -0.15) is 0 Å². The monoisotopic (exact) mass is 433 g/mol. The Kier molecular flexibility index (Phi) is 6.49. The molecule has 8 nitrogen and oxygen atoms in total. The van der Waals surface area contributed by atoms with Gasteiger partial charge >= 0.3 is 6.09 Å². The number of ether oxygens (including phenoxy) is 2. The number of benzene rings is 1. The summed E-state index contributed by atoms with van der Waals surface area (Å²) in [5, 5.41) is 0. The van der Waals surface area contributed by atoms with Crippen molar-refractivity contribution in [2.75, 3.05) is 44.8 Å². The first-order valence-corrected chi connectivity index (χ1v) is 10.7. The molecule has 0 unspecified atom stereocenters. The second-order valence-corrected chi connectivity index (χ2v) is 7.52. The zero-order valence-corrected chi connectivity index (χ0v) is 18.6. The molecular formula is C24H27N5O3. The zero-order chi connectivity index (χ0) is 22.5. The highest BCUT2D eigenvalue weighted by Gasteiger charge is 2.23. The minimum Gasteiger partial charge on any atom is -0.497 e. The Morgan fingerprint density at radius 2 is 1.69 bits per heavy atom. The molecule has 0 saturated carbocycles. The molecule has 0 radical (unpaired) electrons.